The van der Waals surface area contributed by atoms with Crippen LogP contribution in [0.4, 0.5) is 5.69 Å². The zero-order chi connectivity index (χ0) is 14.7. The fraction of sp³-hybridized carbons (Fsp3) is 0.125. The van der Waals surface area contributed by atoms with E-state index < -0.39 is 0 Å². The number of anilines is 1. The Hall–Kier alpha value is -2.27. The van der Waals surface area contributed by atoms with Gasteiger partial charge >= 0.3 is 0 Å². The third kappa shape index (κ3) is 2.78. The third-order valence-corrected chi connectivity index (χ3v) is 4.08. The van der Waals surface area contributed by atoms with Crippen molar-refractivity contribution in [3.8, 4) is 0 Å². The first-order valence-corrected chi connectivity index (χ1v) is 7.74. The molecular formula is C16H15N3OS. The second kappa shape index (κ2) is 6.01. The van der Waals surface area contributed by atoms with Crippen molar-refractivity contribution in [2.45, 2.75) is 11.8 Å². The maximum atomic E-state index is 12.4. The zero-order valence-corrected chi connectivity index (χ0v) is 12.4. The Labute approximate surface area is 126 Å². The first-order valence-electron chi connectivity index (χ1n) is 6.76. The minimum Gasteiger partial charge on any atom is -0.320 e. The van der Waals surface area contributed by atoms with Gasteiger partial charge in [-0.3, -0.25) is 9.89 Å². The lowest BCUT2D eigenvalue weighted by molar-refractivity contribution is 0.102. The van der Waals surface area contributed by atoms with E-state index in [1.807, 2.05) is 48.5 Å². The number of amides is 1. The van der Waals surface area contributed by atoms with Crippen molar-refractivity contribution in [3.05, 3.63) is 54.2 Å². The highest BCUT2D eigenvalue weighted by molar-refractivity contribution is 7.99. The van der Waals surface area contributed by atoms with Gasteiger partial charge in [-0.05, 0) is 24.0 Å². The normalized spacial score (nSPS) is 10.7. The van der Waals surface area contributed by atoms with Gasteiger partial charge in [0.1, 0.15) is 0 Å². The second-order valence-corrected chi connectivity index (χ2v) is 5.81. The molecule has 1 aromatic heterocycles. The lowest BCUT2D eigenvalue weighted by atomic mass is 10.2. The van der Waals surface area contributed by atoms with Crippen LogP contribution in [0.5, 0.6) is 0 Å². The molecule has 0 spiro atoms. The topological polar surface area (TPSA) is 57.8 Å². The monoisotopic (exact) mass is 297 g/mol. The van der Waals surface area contributed by atoms with Gasteiger partial charge in [-0.2, -0.15) is 5.10 Å². The van der Waals surface area contributed by atoms with Crippen LogP contribution in [0, 0.1) is 0 Å². The largest absolute Gasteiger partial charge is 0.320 e. The van der Waals surface area contributed by atoms with Crippen LogP contribution in [0.15, 0.2) is 53.4 Å². The van der Waals surface area contributed by atoms with E-state index in [0.29, 0.717) is 5.69 Å². The van der Waals surface area contributed by atoms with Crippen LogP contribution >= 0.6 is 11.8 Å². The number of thioether (sulfide) groups is 1. The molecule has 3 aromatic rings. The Balaban J connectivity index is 1.90. The molecule has 0 aliphatic carbocycles. The number of aromatic amines is 1. The number of aromatic nitrogens is 2. The maximum absolute atomic E-state index is 12.4. The van der Waals surface area contributed by atoms with Crippen LogP contribution in [0.1, 0.15) is 17.4 Å². The van der Waals surface area contributed by atoms with Crippen LogP contribution in [-0.4, -0.2) is 21.9 Å². The number of para-hydroxylation sites is 2. The number of nitrogens with one attached hydrogen (secondary N) is 2. The summed E-state index contributed by atoms with van der Waals surface area (Å²) in [5.74, 6) is 0.759. The first kappa shape index (κ1) is 13.7. The summed E-state index contributed by atoms with van der Waals surface area (Å²) in [6.07, 6.45) is 0. The van der Waals surface area contributed by atoms with Crippen molar-refractivity contribution >= 4 is 34.3 Å². The predicted molar refractivity (Wildman–Crippen MR) is 86.9 cm³/mol. The zero-order valence-electron chi connectivity index (χ0n) is 11.6. The highest BCUT2D eigenvalue weighted by Crippen LogP contribution is 2.27. The summed E-state index contributed by atoms with van der Waals surface area (Å²) >= 11 is 1.70. The number of benzene rings is 2. The molecule has 21 heavy (non-hydrogen) atoms. The molecule has 0 aliphatic heterocycles. The van der Waals surface area contributed by atoms with E-state index in [2.05, 4.69) is 22.4 Å². The maximum Gasteiger partial charge on any atom is 0.276 e. The predicted octanol–water partition coefficient (Wildman–Crippen LogP) is 3.93. The van der Waals surface area contributed by atoms with Crippen LogP contribution in [-0.2, 0) is 0 Å². The average Bonchev–Trinajstić information content (AvgIpc) is 2.93. The molecule has 0 atom stereocenters. The van der Waals surface area contributed by atoms with E-state index in [1.165, 1.54) is 0 Å². The van der Waals surface area contributed by atoms with E-state index in [9.17, 15) is 4.79 Å². The highest BCUT2D eigenvalue weighted by Gasteiger charge is 2.15. The Bertz CT molecular complexity index is 782. The number of rotatable bonds is 4. The van der Waals surface area contributed by atoms with Gasteiger partial charge in [0.05, 0.1) is 11.2 Å². The van der Waals surface area contributed by atoms with Crippen molar-refractivity contribution in [3.63, 3.8) is 0 Å². The molecule has 0 aliphatic rings. The van der Waals surface area contributed by atoms with Gasteiger partial charge in [-0.15, -0.1) is 11.8 Å². The van der Waals surface area contributed by atoms with Gasteiger partial charge in [-0.1, -0.05) is 37.3 Å². The fourth-order valence-electron chi connectivity index (χ4n) is 2.17. The molecule has 0 fully saturated rings. The van der Waals surface area contributed by atoms with Crippen LogP contribution in [0.3, 0.4) is 0 Å². The molecule has 1 amide bonds. The van der Waals surface area contributed by atoms with Crippen LogP contribution in [0.2, 0.25) is 0 Å². The van der Waals surface area contributed by atoms with E-state index >= 15 is 0 Å². The Kier molecular flexibility index (Phi) is 3.92. The third-order valence-electron chi connectivity index (χ3n) is 3.12. The molecule has 4 nitrogen and oxygen atoms in total. The molecule has 0 radical (unpaired) electrons. The van der Waals surface area contributed by atoms with E-state index in [-0.39, 0.29) is 5.91 Å². The number of carbonyl (C=O) groups is 1. The fourth-order valence-corrected chi connectivity index (χ4v) is 2.93. The van der Waals surface area contributed by atoms with Gasteiger partial charge in [-0.25, -0.2) is 0 Å². The highest BCUT2D eigenvalue weighted by atomic mass is 32.2. The molecule has 1 heterocycles. The van der Waals surface area contributed by atoms with Gasteiger partial charge in [0.2, 0.25) is 0 Å². The standard InChI is InChI=1S/C16H15N3OS/c1-2-21-14-10-6-5-9-13(14)17-16(20)15-11-7-3-4-8-12(11)18-19-15/h3-10H,2H2,1H3,(H,17,20)(H,18,19). The molecule has 2 N–H and O–H groups in total. The number of hydrogen-bond donors (Lipinski definition) is 2. The molecule has 0 unspecified atom stereocenters. The Morgan fingerprint density at radius 3 is 2.81 bits per heavy atom. The number of nitrogens with zero attached hydrogens (tertiary/aromatic N) is 1. The average molecular weight is 297 g/mol. The van der Waals surface area contributed by atoms with Crippen molar-refractivity contribution in [1.29, 1.82) is 0 Å². The molecule has 0 saturated carbocycles. The summed E-state index contributed by atoms with van der Waals surface area (Å²) < 4.78 is 0. The Morgan fingerprint density at radius 1 is 1.19 bits per heavy atom. The second-order valence-electron chi connectivity index (χ2n) is 4.50. The van der Waals surface area contributed by atoms with E-state index in [4.69, 9.17) is 0 Å². The van der Waals surface area contributed by atoms with E-state index in [1.54, 1.807) is 11.8 Å². The molecule has 106 valence electrons. The lowest BCUT2D eigenvalue weighted by Gasteiger charge is -2.08. The number of H-pyrrole nitrogens is 1. The Morgan fingerprint density at radius 2 is 1.95 bits per heavy atom. The summed E-state index contributed by atoms with van der Waals surface area (Å²) in [7, 11) is 0. The number of carbonyl (C=O) groups excluding carboxylic acids is 1. The van der Waals surface area contributed by atoms with Crippen LogP contribution in [0.25, 0.3) is 10.9 Å². The van der Waals surface area contributed by atoms with Crippen molar-refractivity contribution in [1.82, 2.24) is 10.2 Å². The molecule has 2 aromatic carbocycles. The number of fused-ring (bicyclic) bond motifs is 1. The molecule has 0 saturated heterocycles. The van der Waals surface area contributed by atoms with Crippen molar-refractivity contribution in [2.75, 3.05) is 11.1 Å². The van der Waals surface area contributed by atoms with Gasteiger partial charge in [0.15, 0.2) is 5.69 Å². The van der Waals surface area contributed by atoms with Crippen molar-refractivity contribution in [2.24, 2.45) is 0 Å². The first-order chi connectivity index (χ1) is 10.3. The van der Waals surface area contributed by atoms with E-state index in [0.717, 1.165) is 27.2 Å². The summed E-state index contributed by atoms with van der Waals surface area (Å²) in [6.45, 7) is 2.09. The molecule has 3 rings (SSSR count). The summed E-state index contributed by atoms with van der Waals surface area (Å²) in [5.41, 5.74) is 2.10. The molecule has 5 heteroatoms. The van der Waals surface area contributed by atoms with Gasteiger partial charge in [0.25, 0.3) is 5.91 Å². The van der Waals surface area contributed by atoms with Gasteiger partial charge in [0, 0.05) is 10.3 Å². The SMILES string of the molecule is CCSc1ccccc1NC(=O)c1n[nH]c2ccccc12. The quantitative estimate of drug-likeness (QED) is 0.717. The minimum atomic E-state index is -0.198. The lowest BCUT2D eigenvalue weighted by Crippen LogP contribution is -2.13. The number of hydrogen-bond acceptors (Lipinski definition) is 3. The smallest absolute Gasteiger partial charge is 0.276 e. The summed E-state index contributed by atoms with van der Waals surface area (Å²) in [5, 5.41) is 10.8. The minimum absolute atomic E-state index is 0.198. The molecule has 0 bridgehead atoms. The summed E-state index contributed by atoms with van der Waals surface area (Å²) in [4.78, 5) is 13.5. The van der Waals surface area contributed by atoms with Gasteiger partial charge < -0.3 is 5.32 Å². The molecular weight excluding hydrogens is 282 g/mol. The van der Waals surface area contributed by atoms with Crippen LogP contribution < -0.4 is 5.32 Å². The van der Waals surface area contributed by atoms with Crippen molar-refractivity contribution < 1.29 is 4.79 Å². The summed E-state index contributed by atoms with van der Waals surface area (Å²) in [6, 6.07) is 15.4.